The van der Waals surface area contributed by atoms with Gasteiger partial charge in [0, 0.05) is 11.4 Å². The minimum absolute atomic E-state index is 0.129. The highest BCUT2D eigenvalue weighted by atomic mass is 16.4. The van der Waals surface area contributed by atoms with Crippen molar-refractivity contribution in [3.05, 3.63) is 22.8 Å². The minimum Gasteiger partial charge on any atom is -0.475 e. The largest absolute Gasteiger partial charge is 0.475 e. The Morgan fingerprint density at radius 2 is 1.58 bits per heavy atom. The van der Waals surface area contributed by atoms with Crippen LogP contribution >= 0.6 is 0 Å². The molecule has 4 nitrogen and oxygen atoms in total. The number of nitrogens with zero attached hydrogens (tertiary/aromatic N) is 2. The SMILES string of the molecule is Cc1nc(C(=O)O)nc(C)c1C. The van der Waals surface area contributed by atoms with Gasteiger partial charge in [0.1, 0.15) is 0 Å². The molecule has 0 aliphatic rings. The van der Waals surface area contributed by atoms with E-state index < -0.39 is 5.97 Å². The lowest BCUT2D eigenvalue weighted by Crippen LogP contribution is -2.08. The summed E-state index contributed by atoms with van der Waals surface area (Å²) in [6, 6.07) is 0. The van der Waals surface area contributed by atoms with Crippen molar-refractivity contribution in [2.75, 3.05) is 0 Å². The summed E-state index contributed by atoms with van der Waals surface area (Å²) in [6.45, 7) is 5.42. The van der Waals surface area contributed by atoms with Crippen molar-refractivity contribution >= 4 is 5.97 Å². The van der Waals surface area contributed by atoms with Gasteiger partial charge in [0.2, 0.25) is 5.82 Å². The van der Waals surface area contributed by atoms with Crippen LogP contribution in [-0.4, -0.2) is 21.0 Å². The predicted molar refractivity (Wildman–Crippen MR) is 43.2 cm³/mol. The van der Waals surface area contributed by atoms with E-state index in [4.69, 9.17) is 5.11 Å². The van der Waals surface area contributed by atoms with Crippen LogP contribution in [0.15, 0.2) is 0 Å². The fourth-order valence-corrected chi connectivity index (χ4v) is 0.868. The average Bonchev–Trinajstić information content (AvgIpc) is 1.99. The van der Waals surface area contributed by atoms with E-state index in [1.165, 1.54) is 0 Å². The summed E-state index contributed by atoms with van der Waals surface area (Å²) in [6.07, 6.45) is 0. The van der Waals surface area contributed by atoms with Gasteiger partial charge in [-0.25, -0.2) is 14.8 Å². The van der Waals surface area contributed by atoms with Gasteiger partial charge in [-0.2, -0.15) is 0 Å². The molecule has 0 atom stereocenters. The molecule has 4 heteroatoms. The zero-order valence-electron chi connectivity index (χ0n) is 7.25. The molecule has 1 aromatic heterocycles. The lowest BCUT2D eigenvalue weighted by Gasteiger charge is -2.03. The van der Waals surface area contributed by atoms with Crippen LogP contribution in [0.3, 0.4) is 0 Å². The summed E-state index contributed by atoms with van der Waals surface area (Å²) < 4.78 is 0. The van der Waals surface area contributed by atoms with Crippen molar-refractivity contribution in [3.8, 4) is 0 Å². The van der Waals surface area contributed by atoms with Crippen molar-refractivity contribution in [2.24, 2.45) is 0 Å². The predicted octanol–water partition coefficient (Wildman–Crippen LogP) is 1.10. The number of carboxylic acids is 1. The van der Waals surface area contributed by atoms with E-state index in [0.717, 1.165) is 17.0 Å². The zero-order chi connectivity index (χ0) is 9.30. The molecule has 64 valence electrons. The number of carbonyl (C=O) groups is 1. The van der Waals surface area contributed by atoms with E-state index in [1.54, 1.807) is 13.8 Å². The first-order valence-electron chi connectivity index (χ1n) is 3.57. The second-order valence-corrected chi connectivity index (χ2v) is 2.65. The molecule has 0 saturated carbocycles. The van der Waals surface area contributed by atoms with E-state index in [-0.39, 0.29) is 5.82 Å². The Morgan fingerprint density at radius 3 is 1.92 bits per heavy atom. The Kier molecular flexibility index (Phi) is 2.08. The molecule has 1 rings (SSSR count). The number of aryl methyl sites for hydroxylation is 2. The van der Waals surface area contributed by atoms with Gasteiger partial charge >= 0.3 is 5.97 Å². The minimum atomic E-state index is -1.08. The second kappa shape index (κ2) is 2.89. The van der Waals surface area contributed by atoms with Gasteiger partial charge in [-0.05, 0) is 26.3 Å². The van der Waals surface area contributed by atoms with E-state index in [9.17, 15) is 4.79 Å². The number of rotatable bonds is 1. The van der Waals surface area contributed by atoms with Gasteiger partial charge in [-0.15, -0.1) is 0 Å². The highest BCUT2D eigenvalue weighted by molar-refractivity contribution is 5.83. The van der Waals surface area contributed by atoms with Crippen molar-refractivity contribution in [1.29, 1.82) is 0 Å². The topological polar surface area (TPSA) is 63.1 Å². The fraction of sp³-hybridized carbons (Fsp3) is 0.375. The summed E-state index contributed by atoms with van der Waals surface area (Å²) in [4.78, 5) is 18.1. The molecule has 0 spiro atoms. The van der Waals surface area contributed by atoms with Crippen molar-refractivity contribution in [1.82, 2.24) is 9.97 Å². The molecule has 0 aliphatic carbocycles. The van der Waals surface area contributed by atoms with Crippen LogP contribution in [0.25, 0.3) is 0 Å². The molecule has 0 amide bonds. The molecule has 0 saturated heterocycles. The standard InChI is InChI=1S/C8H10N2O2/c1-4-5(2)9-7(8(11)12)10-6(4)3/h1-3H3,(H,11,12). The molecule has 1 N–H and O–H groups in total. The van der Waals surface area contributed by atoms with Gasteiger partial charge in [-0.3, -0.25) is 0 Å². The van der Waals surface area contributed by atoms with Crippen LogP contribution in [0.1, 0.15) is 27.6 Å². The summed E-state index contributed by atoms with van der Waals surface area (Å²) in [5, 5.41) is 8.60. The van der Waals surface area contributed by atoms with Crippen LogP contribution in [-0.2, 0) is 0 Å². The van der Waals surface area contributed by atoms with Crippen LogP contribution in [0, 0.1) is 20.8 Å². The Hall–Kier alpha value is -1.45. The molecule has 0 bridgehead atoms. The van der Waals surface area contributed by atoms with Crippen LogP contribution in [0.2, 0.25) is 0 Å². The van der Waals surface area contributed by atoms with Gasteiger partial charge in [0.25, 0.3) is 0 Å². The Balaban J connectivity index is 3.31. The van der Waals surface area contributed by atoms with Gasteiger partial charge < -0.3 is 5.11 Å². The first-order chi connectivity index (χ1) is 5.52. The van der Waals surface area contributed by atoms with E-state index in [1.807, 2.05) is 6.92 Å². The van der Waals surface area contributed by atoms with Gasteiger partial charge in [0.15, 0.2) is 0 Å². The molecule has 0 fully saturated rings. The van der Waals surface area contributed by atoms with Crippen LogP contribution in [0.4, 0.5) is 0 Å². The van der Waals surface area contributed by atoms with Crippen molar-refractivity contribution in [3.63, 3.8) is 0 Å². The first kappa shape index (κ1) is 8.64. The smallest absolute Gasteiger partial charge is 0.373 e. The number of aromatic nitrogens is 2. The fourth-order valence-electron chi connectivity index (χ4n) is 0.868. The van der Waals surface area contributed by atoms with E-state index >= 15 is 0 Å². The van der Waals surface area contributed by atoms with Gasteiger partial charge in [0.05, 0.1) is 0 Å². The number of carboxylic acid groups (broad SMARTS) is 1. The summed E-state index contributed by atoms with van der Waals surface area (Å²) in [5.74, 6) is -1.21. The zero-order valence-corrected chi connectivity index (χ0v) is 7.25. The third-order valence-corrected chi connectivity index (χ3v) is 1.82. The highest BCUT2D eigenvalue weighted by Crippen LogP contribution is 2.07. The van der Waals surface area contributed by atoms with E-state index in [0.29, 0.717) is 0 Å². The molecular formula is C8H10N2O2. The van der Waals surface area contributed by atoms with Crippen molar-refractivity contribution < 1.29 is 9.90 Å². The number of aromatic carboxylic acids is 1. The average molecular weight is 166 g/mol. The first-order valence-corrected chi connectivity index (χ1v) is 3.57. The molecule has 0 unspecified atom stereocenters. The van der Waals surface area contributed by atoms with Crippen LogP contribution < -0.4 is 0 Å². The molecule has 0 aliphatic heterocycles. The third-order valence-electron chi connectivity index (χ3n) is 1.82. The maximum absolute atomic E-state index is 10.5. The quantitative estimate of drug-likeness (QED) is 0.678. The number of hydrogen-bond acceptors (Lipinski definition) is 3. The Bertz CT molecular complexity index is 311. The summed E-state index contributed by atoms with van der Waals surface area (Å²) in [7, 11) is 0. The van der Waals surface area contributed by atoms with Crippen molar-refractivity contribution in [2.45, 2.75) is 20.8 Å². The summed E-state index contributed by atoms with van der Waals surface area (Å²) in [5.41, 5.74) is 2.39. The second-order valence-electron chi connectivity index (χ2n) is 2.65. The Labute approximate surface area is 70.3 Å². The third kappa shape index (κ3) is 1.42. The molecule has 12 heavy (non-hydrogen) atoms. The molecular weight excluding hydrogens is 156 g/mol. The normalized spacial score (nSPS) is 9.92. The Morgan fingerprint density at radius 1 is 1.17 bits per heavy atom. The molecule has 0 aromatic carbocycles. The van der Waals surface area contributed by atoms with Gasteiger partial charge in [-0.1, -0.05) is 0 Å². The monoisotopic (exact) mass is 166 g/mol. The highest BCUT2D eigenvalue weighted by Gasteiger charge is 2.09. The maximum Gasteiger partial charge on any atom is 0.373 e. The summed E-state index contributed by atoms with van der Waals surface area (Å²) >= 11 is 0. The maximum atomic E-state index is 10.5. The van der Waals surface area contributed by atoms with E-state index in [2.05, 4.69) is 9.97 Å². The lowest BCUT2D eigenvalue weighted by atomic mass is 10.2. The number of hydrogen-bond donors (Lipinski definition) is 1. The molecule has 1 aromatic rings. The van der Waals surface area contributed by atoms with Crippen LogP contribution in [0.5, 0.6) is 0 Å². The molecule has 0 radical (unpaired) electrons. The lowest BCUT2D eigenvalue weighted by molar-refractivity contribution is 0.0683. The molecule has 1 heterocycles.